The Kier molecular flexibility index (Phi) is 4.33. The highest BCUT2D eigenvalue weighted by Gasteiger charge is 2.11. The summed E-state index contributed by atoms with van der Waals surface area (Å²) in [6.07, 6.45) is 0. The smallest absolute Gasteiger partial charge is 0.0617 e. The number of hydrogen-bond donors (Lipinski definition) is 2. The predicted octanol–water partition coefficient (Wildman–Crippen LogP) is 5.26. The largest absolute Gasteiger partial charge is 0.397 e. The minimum atomic E-state index is 0.516. The summed E-state index contributed by atoms with van der Waals surface area (Å²) in [6, 6.07) is 14.4. The van der Waals surface area contributed by atoms with Gasteiger partial charge in [-0.25, -0.2) is 0 Å². The zero-order chi connectivity index (χ0) is 14.7. The normalized spacial score (nSPS) is 11.1. The molecule has 2 aromatic carbocycles. The fourth-order valence-electron chi connectivity index (χ4n) is 2.44. The van der Waals surface area contributed by atoms with Crippen LogP contribution in [0.1, 0.15) is 50.7 Å². The first-order chi connectivity index (χ1) is 9.49. The number of para-hydroxylation sites is 2. The van der Waals surface area contributed by atoms with Crippen LogP contribution in [0, 0.1) is 0 Å². The van der Waals surface area contributed by atoms with Gasteiger partial charge in [0, 0.05) is 5.69 Å². The van der Waals surface area contributed by atoms with Gasteiger partial charge in [0.05, 0.1) is 11.4 Å². The topological polar surface area (TPSA) is 38.0 Å². The highest BCUT2D eigenvalue weighted by Crippen LogP contribution is 2.30. The lowest BCUT2D eigenvalue weighted by Crippen LogP contribution is -2.01. The molecule has 0 aliphatic rings. The van der Waals surface area contributed by atoms with Crippen LogP contribution in [0.2, 0.25) is 0 Å². The molecule has 0 fully saturated rings. The van der Waals surface area contributed by atoms with Crippen molar-refractivity contribution < 1.29 is 0 Å². The highest BCUT2D eigenvalue weighted by molar-refractivity contribution is 5.72. The van der Waals surface area contributed by atoms with E-state index in [1.807, 2.05) is 24.3 Å². The maximum atomic E-state index is 5.98. The molecule has 2 rings (SSSR count). The molecule has 0 aromatic heterocycles. The second-order valence-corrected chi connectivity index (χ2v) is 5.87. The molecule has 0 heterocycles. The van der Waals surface area contributed by atoms with Gasteiger partial charge in [-0.2, -0.15) is 0 Å². The molecule has 0 radical (unpaired) electrons. The van der Waals surface area contributed by atoms with Crippen LogP contribution in [0.3, 0.4) is 0 Å². The molecule has 0 saturated heterocycles. The van der Waals surface area contributed by atoms with E-state index in [4.69, 9.17) is 5.73 Å². The summed E-state index contributed by atoms with van der Waals surface area (Å²) in [5, 5.41) is 3.41. The third-order valence-electron chi connectivity index (χ3n) is 3.57. The molecule has 20 heavy (non-hydrogen) atoms. The Balaban J connectivity index is 2.35. The van der Waals surface area contributed by atoms with Gasteiger partial charge >= 0.3 is 0 Å². The van der Waals surface area contributed by atoms with Crippen LogP contribution in [0.25, 0.3) is 0 Å². The zero-order valence-electron chi connectivity index (χ0n) is 12.8. The van der Waals surface area contributed by atoms with Gasteiger partial charge in [0.25, 0.3) is 0 Å². The van der Waals surface area contributed by atoms with Crippen molar-refractivity contribution in [1.29, 1.82) is 0 Å². The summed E-state index contributed by atoms with van der Waals surface area (Å²) < 4.78 is 0. The van der Waals surface area contributed by atoms with Crippen molar-refractivity contribution in [3.8, 4) is 0 Å². The summed E-state index contributed by atoms with van der Waals surface area (Å²) in [7, 11) is 0. The molecule has 0 aliphatic carbocycles. The standard InChI is InChI=1S/C18H24N2/c1-12(2)15-10-9-14(11-16(15)13(3)4)20-18-8-6-5-7-17(18)19/h5-13,20H,19H2,1-4H3. The molecule has 0 aliphatic heterocycles. The van der Waals surface area contributed by atoms with E-state index in [9.17, 15) is 0 Å². The van der Waals surface area contributed by atoms with Gasteiger partial charge in [-0.05, 0) is 47.2 Å². The van der Waals surface area contributed by atoms with Gasteiger partial charge in [0.1, 0.15) is 0 Å². The van der Waals surface area contributed by atoms with E-state index in [1.54, 1.807) is 0 Å². The lowest BCUT2D eigenvalue weighted by Gasteiger charge is -2.18. The Morgan fingerprint density at radius 2 is 1.50 bits per heavy atom. The Morgan fingerprint density at radius 3 is 2.10 bits per heavy atom. The fourth-order valence-corrected chi connectivity index (χ4v) is 2.44. The molecule has 0 unspecified atom stereocenters. The van der Waals surface area contributed by atoms with E-state index >= 15 is 0 Å². The number of nitrogens with two attached hydrogens (primary N) is 1. The summed E-state index contributed by atoms with van der Waals surface area (Å²) >= 11 is 0. The van der Waals surface area contributed by atoms with Crippen molar-refractivity contribution >= 4 is 17.1 Å². The lowest BCUT2D eigenvalue weighted by atomic mass is 9.90. The molecule has 3 N–H and O–H groups in total. The molecule has 0 saturated carbocycles. The van der Waals surface area contributed by atoms with Crippen molar-refractivity contribution in [2.75, 3.05) is 11.1 Å². The number of rotatable bonds is 4. The monoisotopic (exact) mass is 268 g/mol. The number of nitrogen functional groups attached to an aromatic ring is 1. The summed E-state index contributed by atoms with van der Waals surface area (Å²) in [5.41, 5.74) is 11.6. The van der Waals surface area contributed by atoms with Crippen LogP contribution in [0.5, 0.6) is 0 Å². The zero-order valence-corrected chi connectivity index (χ0v) is 12.8. The van der Waals surface area contributed by atoms with E-state index < -0.39 is 0 Å². The van der Waals surface area contributed by atoms with E-state index in [0.717, 1.165) is 17.1 Å². The first-order valence-electron chi connectivity index (χ1n) is 7.24. The summed E-state index contributed by atoms with van der Waals surface area (Å²) in [6.45, 7) is 8.96. The third kappa shape index (κ3) is 3.13. The summed E-state index contributed by atoms with van der Waals surface area (Å²) in [4.78, 5) is 0. The van der Waals surface area contributed by atoms with Gasteiger partial charge in [0.15, 0.2) is 0 Å². The predicted molar refractivity (Wildman–Crippen MR) is 88.8 cm³/mol. The van der Waals surface area contributed by atoms with E-state index in [1.165, 1.54) is 11.1 Å². The van der Waals surface area contributed by atoms with Gasteiger partial charge in [0.2, 0.25) is 0 Å². The van der Waals surface area contributed by atoms with Crippen LogP contribution in [-0.2, 0) is 0 Å². The Labute approximate surface area is 122 Å². The van der Waals surface area contributed by atoms with Crippen molar-refractivity contribution in [2.45, 2.75) is 39.5 Å². The minimum Gasteiger partial charge on any atom is -0.397 e. The van der Waals surface area contributed by atoms with Crippen molar-refractivity contribution in [2.24, 2.45) is 0 Å². The van der Waals surface area contributed by atoms with Crippen LogP contribution >= 0.6 is 0 Å². The maximum absolute atomic E-state index is 5.98. The van der Waals surface area contributed by atoms with Crippen molar-refractivity contribution in [1.82, 2.24) is 0 Å². The van der Waals surface area contributed by atoms with Gasteiger partial charge in [-0.15, -0.1) is 0 Å². The van der Waals surface area contributed by atoms with Crippen LogP contribution in [-0.4, -0.2) is 0 Å². The Morgan fingerprint density at radius 1 is 0.850 bits per heavy atom. The van der Waals surface area contributed by atoms with Gasteiger partial charge < -0.3 is 11.1 Å². The number of nitrogens with one attached hydrogen (secondary N) is 1. The second kappa shape index (κ2) is 6.00. The first kappa shape index (κ1) is 14.4. The van der Waals surface area contributed by atoms with Crippen molar-refractivity contribution in [3.05, 3.63) is 53.6 Å². The molecule has 106 valence electrons. The quantitative estimate of drug-likeness (QED) is 0.742. The number of benzene rings is 2. The first-order valence-corrected chi connectivity index (χ1v) is 7.24. The highest BCUT2D eigenvalue weighted by atomic mass is 14.9. The average molecular weight is 268 g/mol. The molecule has 2 nitrogen and oxygen atoms in total. The molecule has 2 aromatic rings. The average Bonchev–Trinajstić information content (AvgIpc) is 2.41. The van der Waals surface area contributed by atoms with Crippen LogP contribution in [0.4, 0.5) is 17.1 Å². The second-order valence-electron chi connectivity index (χ2n) is 5.87. The van der Waals surface area contributed by atoms with Crippen LogP contribution < -0.4 is 11.1 Å². The lowest BCUT2D eigenvalue weighted by molar-refractivity contribution is 0.791. The molecular weight excluding hydrogens is 244 g/mol. The Hall–Kier alpha value is -1.96. The number of hydrogen-bond acceptors (Lipinski definition) is 2. The molecule has 2 heteroatoms. The van der Waals surface area contributed by atoms with Crippen molar-refractivity contribution in [3.63, 3.8) is 0 Å². The molecule has 0 spiro atoms. The molecule has 0 bridgehead atoms. The summed E-state index contributed by atoms with van der Waals surface area (Å²) in [5.74, 6) is 1.06. The molecular formula is C18H24N2. The Bertz CT molecular complexity index is 586. The van der Waals surface area contributed by atoms with E-state index in [-0.39, 0.29) is 0 Å². The number of anilines is 3. The SMILES string of the molecule is CC(C)c1ccc(Nc2ccccc2N)cc1C(C)C. The molecule has 0 atom stereocenters. The third-order valence-corrected chi connectivity index (χ3v) is 3.57. The van der Waals surface area contributed by atoms with Gasteiger partial charge in [-0.3, -0.25) is 0 Å². The van der Waals surface area contributed by atoms with Gasteiger partial charge in [-0.1, -0.05) is 45.9 Å². The van der Waals surface area contributed by atoms with E-state index in [2.05, 4.69) is 51.2 Å². The van der Waals surface area contributed by atoms with Crippen LogP contribution in [0.15, 0.2) is 42.5 Å². The maximum Gasteiger partial charge on any atom is 0.0617 e. The molecule has 0 amide bonds. The fraction of sp³-hybridized carbons (Fsp3) is 0.333. The minimum absolute atomic E-state index is 0.516. The van der Waals surface area contributed by atoms with E-state index in [0.29, 0.717) is 11.8 Å².